The fourth-order valence-electron chi connectivity index (χ4n) is 3.14. The van der Waals surface area contributed by atoms with E-state index in [0.717, 1.165) is 5.56 Å². The van der Waals surface area contributed by atoms with Crippen LogP contribution < -0.4 is 4.72 Å². The van der Waals surface area contributed by atoms with Crippen molar-refractivity contribution in [1.29, 1.82) is 0 Å². The van der Waals surface area contributed by atoms with Gasteiger partial charge in [0.1, 0.15) is 0 Å². The van der Waals surface area contributed by atoms with Crippen LogP contribution in [0.25, 0.3) is 0 Å². The Hall–Kier alpha value is -2.10. The summed E-state index contributed by atoms with van der Waals surface area (Å²) in [6.07, 6.45) is -1.34. The maximum atomic E-state index is 14.3. The Morgan fingerprint density at radius 2 is 1.50 bits per heavy atom. The zero-order valence-corrected chi connectivity index (χ0v) is 20.4. The molecule has 0 spiro atoms. The molecule has 0 saturated carbocycles. The van der Waals surface area contributed by atoms with Crippen molar-refractivity contribution >= 4 is 17.6 Å². The van der Waals surface area contributed by atoms with E-state index in [0.29, 0.717) is 0 Å². The van der Waals surface area contributed by atoms with Crippen LogP contribution in [0.1, 0.15) is 38.8 Å². The second kappa shape index (κ2) is 10.2. The second-order valence-electron chi connectivity index (χ2n) is 7.94. The van der Waals surface area contributed by atoms with Crippen LogP contribution in [0.5, 0.6) is 0 Å². The molecule has 2 aromatic carbocycles. The van der Waals surface area contributed by atoms with Crippen molar-refractivity contribution < 1.29 is 27.0 Å². The zero-order valence-electron chi connectivity index (χ0n) is 18.7. The molecule has 2 rings (SSSR count). The Morgan fingerprint density at radius 3 is 1.94 bits per heavy atom. The van der Waals surface area contributed by atoms with Gasteiger partial charge in [-0.15, -0.1) is 0 Å². The predicted molar refractivity (Wildman–Crippen MR) is 122 cm³/mol. The van der Waals surface area contributed by atoms with Gasteiger partial charge in [-0.25, -0.2) is 8.42 Å². The van der Waals surface area contributed by atoms with Crippen molar-refractivity contribution in [3.63, 3.8) is 0 Å². The van der Waals surface area contributed by atoms with Gasteiger partial charge in [-0.1, -0.05) is 48.0 Å². The first-order valence-electron chi connectivity index (χ1n) is 10.1. The second-order valence-corrected chi connectivity index (χ2v) is 11.8. The van der Waals surface area contributed by atoms with Gasteiger partial charge >= 0.3 is 7.60 Å². The Bertz CT molecular complexity index is 1060. The van der Waals surface area contributed by atoms with Crippen LogP contribution in [0.15, 0.2) is 59.5 Å². The minimum Gasteiger partial charge on any atom is -0.304 e. The van der Waals surface area contributed by atoms with Gasteiger partial charge in [-0.3, -0.25) is 14.7 Å². The SMILES string of the molecule is Cc1ccc(S(=O)(=O)NC(C[N+](=O)[O-])(c2ccccc2)P(=O)(OC(C)C)OC(C)C)cc1. The smallest absolute Gasteiger partial charge is 0.304 e. The molecule has 0 aliphatic heterocycles. The average molecular weight is 485 g/mol. The van der Waals surface area contributed by atoms with E-state index in [1.807, 2.05) is 0 Å². The third-order valence-electron chi connectivity index (χ3n) is 4.41. The Kier molecular flexibility index (Phi) is 8.36. The third-order valence-corrected chi connectivity index (χ3v) is 8.92. The summed E-state index contributed by atoms with van der Waals surface area (Å²) in [5.74, 6) is 0. The number of sulfonamides is 1. The van der Waals surface area contributed by atoms with E-state index in [4.69, 9.17) is 9.05 Å². The number of hydrogen-bond donors (Lipinski definition) is 1. The minimum atomic E-state index is -4.51. The standard InChI is InChI=1S/C21H29N2O7PS/c1-16(2)29-31(26,30-17(3)4)21(15-23(24)25,19-9-7-6-8-10-19)22-32(27,28)20-13-11-18(5)12-14-20/h6-14,16-17,22H,15H2,1-5H3. The summed E-state index contributed by atoms with van der Waals surface area (Å²) >= 11 is 0. The maximum Gasteiger partial charge on any atom is 0.363 e. The Morgan fingerprint density at radius 1 is 1.00 bits per heavy atom. The van der Waals surface area contributed by atoms with Crippen LogP contribution in [0.4, 0.5) is 0 Å². The van der Waals surface area contributed by atoms with E-state index in [1.165, 1.54) is 24.3 Å². The number of nitro groups is 1. The minimum absolute atomic E-state index is 0.0945. The maximum absolute atomic E-state index is 14.3. The number of aryl methyl sites for hydroxylation is 1. The fourth-order valence-corrected chi connectivity index (χ4v) is 7.46. The van der Waals surface area contributed by atoms with Crippen molar-refractivity contribution in [3.05, 3.63) is 75.8 Å². The molecule has 0 heterocycles. The lowest BCUT2D eigenvalue weighted by atomic mass is 10.1. The molecule has 2 aromatic rings. The summed E-state index contributed by atoms with van der Waals surface area (Å²) in [7, 11) is -8.88. The molecule has 0 fully saturated rings. The first-order valence-corrected chi connectivity index (χ1v) is 13.1. The van der Waals surface area contributed by atoms with Gasteiger partial charge in [0, 0.05) is 4.92 Å². The topological polar surface area (TPSA) is 125 Å². The van der Waals surface area contributed by atoms with Gasteiger partial charge in [0.25, 0.3) is 0 Å². The van der Waals surface area contributed by atoms with Gasteiger partial charge in [0.2, 0.25) is 21.8 Å². The highest BCUT2D eigenvalue weighted by Crippen LogP contribution is 2.65. The van der Waals surface area contributed by atoms with E-state index in [1.54, 1.807) is 65.0 Å². The normalized spacial score (nSPS) is 14.5. The summed E-state index contributed by atoms with van der Waals surface area (Å²) in [5, 5.41) is 9.50. The number of hydrogen-bond acceptors (Lipinski definition) is 7. The van der Waals surface area contributed by atoms with E-state index in [-0.39, 0.29) is 10.5 Å². The molecule has 1 unspecified atom stereocenters. The molecule has 0 aromatic heterocycles. The van der Waals surface area contributed by atoms with Crippen molar-refractivity contribution in [3.8, 4) is 0 Å². The lowest BCUT2D eigenvalue weighted by molar-refractivity contribution is -0.487. The highest BCUT2D eigenvalue weighted by atomic mass is 32.2. The molecule has 32 heavy (non-hydrogen) atoms. The molecule has 9 nitrogen and oxygen atoms in total. The van der Waals surface area contributed by atoms with Crippen molar-refractivity contribution in [1.82, 2.24) is 4.72 Å². The summed E-state index contributed by atoms with van der Waals surface area (Å²) < 4.78 is 54.7. The highest BCUT2D eigenvalue weighted by molar-refractivity contribution is 7.89. The number of rotatable bonds is 11. The summed E-state index contributed by atoms with van der Waals surface area (Å²) in [6, 6.07) is 13.7. The molecule has 0 amide bonds. The Labute approximate surface area is 188 Å². The van der Waals surface area contributed by atoms with Gasteiger partial charge < -0.3 is 9.05 Å². The molecule has 0 aliphatic carbocycles. The highest BCUT2D eigenvalue weighted by Gasteiger charge is 2.60. The number of benzene rings is 2. The van der Waals surface area contributed by atoms with Crippen molar-refractivity contribution in [2.24, 2.45) is 0 Å². The summed E-state index contributed by atoms with van der Waals surface area (Å²) in [4.78, 5) is 10.9. The zero-order chi connectivity index (χ0) is 24.2. The van der Waals surface area contributed by atoms with Gasteiger partial charge in [0.05, 0.1) is 17.1 Å². The quantitative estimate of drug-likeness (QED) is 0.284. The lowest BCUT2D eigenvalue weighted by Gasteiger charge is -2.38. The summed E-state index contributed by atoms with van der Waals surface area (Å²) in [5.41, 5.74) is 0.928. The first-order chi connectivity index (χ1) is 14.8. The first kappa shape index (κ1) is 26.2. The third kappa shape index (κ3) is 6.02. The van der Waals surface area contributed by atoms with Gasteiger partial charge in [0.15, 0.2) is 0 Å². The lowest BCUT2D eigenvalue weighted by Crippen LogP contribution is -2.51. The molecular formula is C21H29N2O7PS. The molecule has 176 valence electrons. The van der Waals surface area contributed by atoms with Crippen LogP contribution in [-0.2, 0) is 28.9 Å². The fraction of sp³-hybridized carbons (Fsp3) is 0.429. The van der Waals surface area contributed by atoms with Crippen LogP contribution >= 0.6 is 7.60 Å². The van der Waals surface area contributed by atoms with Crippen LogP contribution in [0.3, 0.4) is 0 Å². The number of nitrogens with zero attached hydrogens (tertiary/aromatic N) is 1. The van der Waals surface area contributed by atoms with Crippen LogP contribution in [0.2, 0.25) is 0 Å². The van der Waals surface area contributed by atoms with E-state index < -0.39 is 46.6 Å². The molecular weight excluding hydrogens is 455 g/mol. The molecule has 1 atom stereocenters. The van der Waals surface area contributed by atoms with E-state index in [2.05, 4.69) is 4.72 Å². The predicted octanol–water partition coefficient (Wildman–Crippen LogP) is 4.45. The van der Waals surface area contributed by atoms with Crippen LogP contribution in [0, 0.1) is 17.0 Å². The molecule has 0 radical (unpaired) electrons. The monoisotopic (exact) mass is 484 g/mol. The largest absolute Gasteiger partial charge is 0.363 e. The molecule has 0 bridgehead atoms. The molecule has 11 heteroatoms. The van der Waals surface area contributed by atoms with E-state index >= 15 is 0 Å². The molecule has 0 saturated heterocycles. The van der Waals surface area contributed by atoms with Crippen molar-refractivity contribution in [2.75, 3.05) is 6.54 Å². The summed E-state index contributed by atoms with van der Waals surface area (Å²) in [6.45, 7) is 7.10. The van der Waals surface area contributed by atoms with Gasteiger partial charge in [-0.2, -0.15) is 4.72 Å². The van der Waals surface area contributed by atoms with Crippen LogP contribution in [-0.4, -0.2) is 32.1 Å². The number of nitrogens with one attached hydrogen (secondary N) is 1. The van der Waals surface area contributed by atoms with Crippen molar-refractivity contribution in [2.45, 2.75) is 57.0 Å². The molecule has 1 N–H and O–H groups in total. The molecule has 0 aliphatic rings. The van der Waals surface area contributed by atoms with Gasteiger partial charge in [-0.05, 0) is 52.3 Å². The average Bonchev–Trinajstić information content (AvgIpc) is 2.66. The van der Waals surface area contributed by atoms with E-state index in [9.17, 15) is 23.1 Å². The Balaban J connectivity index is 2.83.